The summed E-state index contributed by atoms with van der Waals surface area (Å²) in [5.74, 6) is 2.19. The zero-order valence-corrected chi connectivity index (χ0v) is 10.0. The number of carboxylic acid groups (broad SMARTS) is 1. The van der Waals surface area contributed by atoms with Crippen molar-refractivity contribution in [2.24, 2.45) is 0 Å². The average Bonchev–Trinajstić information content (AvgIpc) is 2.18. The Morgan fingerprint density at radius 2 is 2.33 bits per heavy atom. The van der Waals surface area contributed by atoms with Crippen LogP contribution in [-0.2, 0) is 17.6 Å². The van der Waals surface area contributed by atoms with Gasteiger partial charge < -0.3 is 8.17 Å². The Morgan fingerprint density at radius 3 is 2.87 bits per heavy atom. The molecule has 1 rings (SSSR count). The maximum absolute atomic E-state index is 10.6. The molecule has 0 aromatic heterocycles. The van der Waals surface area contributed by atoms with E-state index in [-0.39, 0.29) is 6.42 Å². The lowest BCUT2D eigenvalue weighted by Gasteiger charge is -2.06. The normalized spacial score (nSPS) is 9.33. The summed E-state index contributed by atoms with van der Waals surface area (Å²) in [6.45, 7) is 0. The smallest absolute Gasteiger partial charge is 0.307 e. The summed E-state index contributed by atoms with van der Waals surface area (Å²) >= 11 is 1.73. The first kappa shape index (κ1) is 11.9. The van der Waals surface area contributed by atoms with Crippen molar-refractivity contribution in [1.29, 1.82) is 0 Å². The lowest BCUT2D eigenvalue weighted by Crippen LogP contribution is -2.02. The third-order valence-electron chi connectivity index (χ3n) is 1.86. The quantitative estimate of drug-likeness (QED) is 0.684. The third-order valence-corrected chi connectivity index (χ3v) is 2.33. The van der Waals surface area contributed by atoms with Gasteiger partial charge in [0.15, 0.2) is 23.0 Å². The zero-order valence-electron chi connectivity index (χ0n) is 7.87. The summed E-state index contributed by atoms with van der Waals surface area (Å²) in [7, 11) is 0. The van der Waals surface area contributed by atoms with Crippen LogP contribution in [0.4, 0.5) is 0 Å². The van der Waals surface area contributed by atoms with Crippen LogP contribution in [0, 0.1) is 12.3 Å². The van der Waals surface area contributed by atoms with Crippen LogP contribution in [0.3, 0.4) is 0 Å². The highest BCUT2D eigenvalue weighted by Gasteiger charge is 2.08. The predicted octanol–water partition coefficient (Wildman–Crippen LogP) is 2.22. The van der Waals surface area contributed by atoms with Gasteiger partial charge in [0, 0.05) is 12.0 Å². The summed E-state index contributed by atoms with van der Waals surface area (Å²) in [5.41, 5.74) is 1.57. The van der Waals surface area contributed by atoms with Crippen molar-refractivity contribution in [2.75, 3.05) is 0 Å². The monoisotopic (exact) mass is 316 g/mol. The molecule has 0 unspecified atom stereocenters. The van der Waals surface area contributed by atoms with Crippen LogP contribution in [0.15, 0.2) is 18.2 Å². The largest absolute Gasteiger partial charge is 0.481 e. The van der Waals surface area contributed by atoms with Crippen molar-refractivity contribution >= 4 is 29.0 Å². The molecule has 0 aliphatic carbocycles. The standard InChI is InChI=1S/C11H9IO3/c1-2-3-8-4-5-10(15-12)9(6-8)7-11(13)14/h1,4-6H,3,7H2,(H,13,14). The summed E-state index contributed by atoms with van der Waals surface area (Å²) in [5, 5.41) is 8.71. The maximum atomic E-state index is 10.6. The first-order valence-corrected chi connectivity index (χ1v) is 5.11. The Kier molecular flexibility index (Phi) is 4.43. The lowest BCUT2D eigenvalue weighted by molar-refractivity contribution is -0.136. The molecule has 3 nitrogen and oxygen atoms in total. The Hall–Kier alpha value is -1.22. The minimum atomic E-state index is -0.887. The topological polar surface area (TPSA) is 46.5 Å². The van der Waals surface area contributed by atoms with Crippen molar-refractivity contribution in [3.8, 4) is 18.1 Å². The van der Waals surface area contributed by atoms with Gasteiger partial charge >= 0.3 is 5.97 Å². The molecule has 0 heterocycles. The maximum Gasteiger partial charge on any atom is 0.307 e. The molecule has 1 aromatic rings. The number of terminal acetylenes is 1. The molecule has 0 aliphatic rings. The molecule has 0 saturated carbocycles. The van der Waals surface area contributed by atoms with Gasteiger partial charge in [-0.25, -0.2) is 0 Å². The van der Waals surface area contributed by atoms with Gasteiger partial charge in [-0.2, -0.15) is 0 Å². The van der Waals surface area contributed by atoms with Crippen molar-refractivity contribution in [2.45, 2.75) is 12.8 Å². The molecule has 4 heteroatoms. The molecule has 1 N–H and O–H groups in total. The summed E-state index contributed by atoms with van der Waals surface area (Å²) < 4.78 is 5.03. The van der Waals surface area contributed by atoms with Gasteiger partial charge in [0.05, 0.1) is 6.42 Å². The Labute approximate surface area is 102 Å². The Balaban J connectivity index is 3.02. The third kappa shape index (κ3) is 3.44. The van der Waals surface area contributed by atoms with Crippen molar-refractivity contribution in [3.05, 3.63) is 29.3 Å². The zero-order chi connectivity index (χ0) is 11.3. The number of halogens is 1. The van der Waals surface area contributed by atoms with E-state index in [2.05, 4.69) is 5.92 Å². The molecule has 0 saturated heterocycles. The summed E-state index contributed by atoms with van der Waals surface area (Å²) in [6.07, 6.45) is 5.62. The van der Waals surface area contributed by atoms with E-state index in [1.165, 1.54) is 0 Å². The molecular formula is C11H9IO3. The van der Waals surface area contributed by atoms with Gasteiger partial charge in [0.1, 0.15) is 5.75 Å². The molecule has 0 aliphatic heterocycles. The molecule has 78 valence electrons. The minimum absolute atomic E-state index is 0.0588. The number of carboxylic acids is 1. The van der Waals surface area contributed by atoms with E-state index in [4.69, 9.17) is 14.6 Å². The van der Waals surface area contributed by atoms with Crippen LogP contribution in [0.25, 0.3) is 0 Å². The summed E-state index contributed by atoms with van der Waals surface area (Å²) in [4.78, 5) is 10.6. The molecule has 15 heavy (non-hydrogen) atoms. The Bertz CT molecular complexity index is 407. The van der Waals surface area contributed by atoms with Gasteiger partial charge in [0.2, 0.25) is 0 Å². The van der Waals surface area contributed by atoms with Crippen LogP contribution >= 0.6 is 23.0 Å². The van der Waals surface area contributed by atoms with E-state index in [1.54, 1.807) is 35.1 Å². The van der Waals surface area contributed by atoms with E-state index in [9.17, 15) is 4.79 Å². The van der Waals surface area contributed by atoms with Crippen LogP contribution in [0.2, 0.25) is 0 Å². The number of hydrogen-bond donors (Lipinski definition) is 1. The number of benzene rings is 1. The fourth-order valence-electron chi connectivity index (χ4n) is 1.24. The fourth-order valence-corrected chi connectivity index (χ4v) is 1.67. The second-order valence-electron chi connectivity index (χ2n) is 2.97. The van der Waals surface area contributed by atoms with E-state index >= 15 is 0 Å². The van der Waals surface area contributed by atoms with Gasteiger partial charge in [-0.3, -0.25) is 4.79 Å². The molecule has 0 radical (unpaired) electrons. The van der Waals surface area contributed by atoms with Crippen LogP contribution in [0.5, 0.6) is 5.75 Å². The van der Waals surface area contributed by atoms with Crippen molar-refractivity contribution in [3.63, 3.8) is 0 Å². The van der Waals surface area contributed by atoms with Crippen molar-refractivity contribution in [1.82, 2.24) is 0 Å². The van der Waals surface area contributed by atoms with E-state index in [1.807, 2.05) is 6.07 Å². The highest BCUT2D eigenvalue weighted by molar-refractivity contribution is 14.1. The molecule has 0 spiro atoms. The van der Waals surface area contributed by atoms with Gasteiger partial charge in [0.25, 0.3) is 0 Å². The van der Waals surface area contributed by atoms with Crippen LogP contribution in [-0.4, -0.2) is 11.1 Å². The fraction of sp³-hybridized carbons (Fsp3) is 0.182. The average molecular weight is 316 g/mol. The summed E-state index contributed by atoms with van der Waals surface area (Å²) in [6, 6.07) is 5.33. The second-order valence-corrected chi connectivity index (χ2v) is 3.41. The highest BCUT2D eigenvalue weighted by atomic mass is 127. The molecule has 0 amide bonds. The second kappa shape index (κ2) is 5.61. The van der Waals surface area contributed by atoms with Gasteiger partial charge in [-0.05, 0) is 11.6 Å². The minimum Gasteiger partial charge on any atom is -0.481 e. The number of carbonyl (C=O) groups is 1. The molecular weight excluding hydrogens is 307 g/mol. The molecule has 1 aromatic carbocycles. The molecule has 0 bridgehead atoms. The molecule has 0 atom stereocenters. The van der Waals surface area contributed by atoms with E-state index in [0.29, 0.717) is 17.7 Å². The number of rotatable bonds is 4. The van der Waals surface area contributed by atoms with Crippen molar-refractivity contribution < 1.29 is 13.0 Å². The van der Waals surface area contributed by atoms with Crippen LogP contribution < -0.4 is 3.07 Å². The van der Waals surface area contributed by atoms with Gasteiger partial charge in [-0.1, -0.05) is 12.1 Å². The van der Waals surface area contributed by atoms with E-state index in [0.717, 1.165) is 5.56 Å². The number of aliphatic carboxylic acids is 1. The van der Waals surface area contributed by atoms with Gasteiger partial charge in [-0.15, -0.1) is 12.3 Å². The van der Waals surface area contributed by atoms with Crippen LogP contribution in [0.1, 0.15) is 11.1 Å². The predicted molar refractivity (Wildman–Crippen MR) is 65.0 cm³/mol. The van der Waals surface area contributed by atoms with E-state index < -0.39 is 5.97 Å². The Morgan fingerprint density at radius 1 is 1.60 bits per heavy atom. The number of hydrogen-bond acceptors (Lipinski definition) is 2. The highest BCUT2D eigenvalue weighted by Crippen LogP contribution is 2.22. The first-order valence-electron chi connectivity index (χ1n) is 4.23. The lowest BCUT2D eigenvalue weighted by atomic mass is 10.1. The SMILES string of the molecule is C#CCc1ccc(OI)c(CC(=O)O)c1. The molecule has 0 fully saturated rings. The first-order chi connectivity index (χ1) is 7.17.